The lowest BCUT2D eigenvalue weighted by Crippen LogP contribution is -2.33. The van der Waals surface area contributed by atoms with Crippen molar-refractivity contribution in [1.82, 2.24) is 9.97 Å². The largest absolute Gasteiger partial charge is 0.394 e. The highest BCUT2D eigenvalue weighted by atomic mass is 16.3. The second-order valence-corrected chi connectivity index (χ2v) is 6.28. The van der Waals surface area contributed by atoms with E-state index in [1.165, 1.54) is 0 Å². The van der Waals surface area contributed by atoms with Gasteiger partial charge in [0, 0.05) is 24.0 Å². The standard InChI is InChI=1S/C19H23N5O/c1-2-5-15-11-18(24-9-4-8-17(24)13-25)23-19(21-15)22-16-7-3-6-14(10-16)12-20/h3,6-7,10-11,17,25H,2,4-5,8-9,13H2,1H3,(H,21,22,23). The van der Waals surface area contributed by atoms with Crippen LogP contribution >= 0.6 is 0 Å². The first-order valence-electron chi connectivity index (χ1n) is 8.76. The average molecular weight is 337 g/mol. The number of benzene rings is 1. The van der Waals surface area contributed by atoms with Gasteiger partial charge in [0.2, 0.25) is 5.95 Å². The van der Waals surface area contributed by atoms with E-state index >= 15 is 0 Å². The fraction of sp³-hybridized carbons (Fsp3) is 0.421. The van der Waals surface area contributed by atoms with Gasteiger partial charge in [-0.2, -0.15) is 10.2 Å². The number of nitriles is 1. The monoisotopic (exact) mass is 337 g/mol. The molecule has 25 heavy (non-hydrogen) atoms. The van der Waals surface area contributed by atoms with Crippen molar-refractivity contribution in [3.05, 3.63) is 41.6 Å². The Morgan fingerprint density at radius 3 is 3.00 bits per heavy atom. The molecular weight excluding hydrogens is 314 g/mol. The summed E-state index contributed by atoms with van der Waals surface area (Å²) in [6.07, 6.45) is 3.92. The predicted octanol–water partition coefficient (Wildman–Crippen LogP) is 3.01. The first-order valence-corrected chi connectivity index (χ1v) is 8.76. The Morgan fingerprint density at radius 2 is 2.24 bits per heavy atom. The zero-order valence-corrected chi connectivity index (χ0v) is 14.4. The Bertz CT molecular complexity index is 771. The number of aliphatic hydroxyl groups excluding tert-OH is 1. The molecule has 1 aromatic carbocycles. The molecular formula is C19H23N5O. The summed E-state index contributed by atoms with van der Waals surface area (Å²) in [7, 11) is 0. The summed E-state index contributed by atoms with van der Waals surface area (Å²) < 4.78 is 0. The first kappa shape index (κ1) is 17.2. The van der Waals surface area contributed by atoms with Crippen LogP contribution in [-0.4, -0.2) is 34.3 Å². The minimum atomic E-state index is 0.124. The van der Waals surface area contributed by atoms with Crippen molar-refractivity contribution >= 4 is 17.5 Å². The van der Waals surface area contributed by atoms with Gasteiger partial charge in [-0.1, -0.05) is 19.4 Å². The van der Waals surface area contributed by atoms with Crippen LogP contribution < -0.4 is 10.2 Å². The molecule has 1 saturated heterocycles. The van der Waals surface area contributed by atoms with Crippen molar-refractivity contribution in [2.45, 2.75) is 38.6 Å². The second-order valence-electron chi connectivity index (χ2n) is 6.28. The molecule has 2 heterocycles. The van der Waals surface area contributed by atoms with Crippen molar-refractivity contribution in [3.8, 4) is 6.07 Å². The van der Waals surface area contributed by atoms with Crippen LogP contribution in [0.2, 0.25) is 0 Å². The molecule has 1 atom stereocenters. The highest BCUT2D eigenvalue weighted by Gasteiger charge is 2.25. The van der Waals surface area contributed by atoms with E-state index in [0.29, 0.717) is 11.5 Å². The van der Waals surface area contributed by atoms with Crippen molar-refractivity contribution in [2.24, 2.45) is 0 Å². The molecule has 1 aliphatic heterocycles. The fourth-order valence-corrected chi connectivity index (χ4v) is 3.19. The molecule has 0 aliphatic carbocycles. The van der Waals surface area contributed by atoms with Gasteiger partial charge in [-0.3, -0.25) is 0 Å². The molecule has 1 fully saturated rings. The van der Waals surface area contributed by atoms with Crippen LogP contribution in [0.4, 0.5) is 17.5 Å². The minimum absolute atomic E-state index is 0.124. The molecule has 6 nitrogen and oxygen atoms in total. The van der Waals surface area contributed by atoms with Gasteiger partial charge in [-0.25, -0.2) is 4.98 Å². The zero-order valence-electron chi connectivity index (χ0n) is 14.4. The van der Waals surface area contributed by atoms with Crippen molar-refractivity contribution in [3.63, 3.8) is 0 Å². The zero-order chi connectivity index (χ0) is 17.6. The summed E-state index contributed by atoms with van der Waals surface area (Å²) in [5.74, 6) is 1.38. The van der Waals surface area contributed by atoms with E-state index in [0.717, 1.165) is 49.4 Å². The van der Waals surface area contributed by atoms with Crippen LogP contribution in [0.1, 0.15) is 37.4 Å². The molecule has 1 aliphatic rings. The van der Waals surface area contributed by atoms with Crippen LogP contribution in [0, 0.1) is 11.3 Å². The Labute approximate surface area is 148 Å². The maximum atomic E-state index is 9.60. The fourth-order valence-electron chi connectivity index (χ4n) is 3.19. The van der Waals surface area contributed by atoms with Gasteiger partial charge in [0.05, 0.1) is 24.3 Å². The second kappa shape index (κ2) is 7.95. The molecule has 6 heteroatoms. The molecule has 0 bridgehead atoms. The summed E-state index contributed by atoms with van der Waals surface area (Å²) in [6.45, 7) is 3.16. The summed E-state index contributed by atoms with van der Waals surface area (Å²) >= 11 is 0. The smallest absolute Gasteiger partial charge is 0.229 e. The van der Waals surface area contributed by atoms with Crippen LogP contribution in [-0.2, 0) is 6.42 Å². The topological polar surface area (TPSA) is 85.1 Å². The van der Waals surface area contributed by atoms with Crippen LogP contribution in [0.5, 0.6) is 0 Å². The van der Waals surface area contributed by atoms with Gasteiger partial charge < -0.3 is 15.3 Å². The lowest BCUT2D eigenvalue weighted by Gasteiger charge is -2.25. The Balaban J connectivity index is 1.91. The van der Waals surface area contributed by atoms with E-state index in [-0.39, 0.29) is 12.6 Å². The molecule has 3 rings (SSSR count). The summed E-state index contributed by atoms with van der Waals surface area (Å²) in [5.41, 5.74) is 2.36. The van der Waals surface area contributed by atoms with E-state index in [9.17, 15) is 5.11 Å². The van der Waals surface area contributed by atoms with Gasteiger partial charge in [0.25, 0.3) is 0 Å². The van der Waals surface area contributed by atoms with E-state index in [1.807, 2.05) is 18.2 Å². The van der Waals surface area contributed by atoms with E-state index in [4.69, 9.17) is 5.26 Å². The van der Waals surface area contributed by atoms with Crippen molar-refractivity contribution < 1.29 is 5.11 Å². The molecule has 0 amide bonds. The van der Waals surface area contributed by atoms with Gasteiger partial charge in [-0.15, -0.1) is 0 Å². The van der Waals surface area contributed by atoms with Crippen molar-refractivity contribution in [2.75, 3.05) is 23.4 Å². The maximum Gasteiger partial charge on any atom is 0.229 e. The molecule has 1 aromatic heterocycles. The Morgan fingerprint density at radius 1 is 1.36 bits per heavy atom. The highest BCUT2D eigenvalue weighted by Crippen LogP contribution is 2.26. The highest BCUT2D eigenvalue weighted by molar-refractivity contribution is 5.58. The number of nitrogens with one attached hydrogen (secondary N) is 1. The third kappa shape index (κ3) is 4.06. The molecule has 0 spiro atoms. The lowest BCUT2D eigenvalue weighted by molar-refractivity contribution is 0.266. The molecule has 0 radical (unpaired) electrons. The van der Waals surface area contributed by atoms with Crippen molar-refractivity contribution in [1.29, 1.82) is 5.26 Å². The number of hydrogen-bond acceptors (Lipinski definition) is 6. The summed E-state index contributed by atoms with van der Waals surface area (Å²) in [5, 5.41) is 21.9. The maximum absolute atomic E-state index is 9.60. The molecule has 0 saturated carbocycles. The summed E-state index contributed by atoms with van der Waals surface area (Å²) in [6, 6.07) is 11.6. The molecule has 130 valence electrons. The first-order chi connectivity index (χ1) is 12.2. The van der Waals surface area contributed by atoms with Gasteiger partial charge in [0.1, 0.15) is 5.82 Å². The summed E-state index contributed by atoms with van der Waals surface area (Å²) in [4.78, 5) is 11.4. The predicted molar refractivity (Wildman–Crippen MR) is 97.9 cm³/mol. The number of nitrogens with zero attached hydrogens (tertiary/aromatic N) is 4. The Hall–Kier alpha value is -2.65. The number of anilines is 3. The lowest BCUT2D eigenvalue weighted by atomic mass is 10.2. The van der Waals surface area contributed by atoms with Crippen LogP contribution in [0.3, 0.4) is 0 Å². The van der Waals surface area contributed by atoms with Crippen LogP contribution in [0.15, 0.2) is 30.3 Å². The van der Waals surface area contributed by atoms with Gasteiger partial charge >= 0.3 is 0 Å². The minimum Gasteiger partial charge on any atom is -0.394 e. The molecule has 1 unspecified atom stereocenters. The number of aryl methyl sites for hydroxylation is 1. The van der Waals surface area contributed by atoms with Crippen LogP contribution in [0.25, 0.3) is 0 Å². The third-order valence-corrected chi connectivity index (χ3v) is 4.40. The molecule has 2 aromatic rings. The molecule has 2 N–H and O–H groups in total. The van der Waals surface area contributed by atoms with E-state index in [2.05, 4.69) is 33.2 Å². The SMILES string of the molecule is CCCc1cc(N2CCCC2CO)nc(Nc2cccc(C#N)c2)n1. The quantitative estimate of drug-likeness (QED) is 0.843. The van der Waals surface area contributed by atoms with E-state index < -0.39 is 0 Å². The van der Waals surface area contributed by atoms with Gasteiger partial charge in [0.15, 0.2) is 0 Å². The third-order valence-electron chi connectivity index (χ3n) is 4.40. The number of hydrogen-bond donors (Lipinski definition) is 2. The number of aliphatic hydroxyl groups is 1. The van der Waals surface area contributed by atoms with Gasteiger partial charge in [-0.05, 0) is 37.5 Å². The average Bonchev–Trinajstić information content (AvgIpc) is 3.11. The number of rotatable bonds is 6. The Kier molecular flexibility index (Phi) is 5.46. The number of aromatic nitrogens is 2. The normalized spacial score (nSPS) is 16.7. The van der Waals surface area contributed by atoms with E-state index in [1.54, 1.807) is 12.1 Å².